The van der Waals surface area contributed by atoms with Crippen LogP contribution in [0, 0.1) is 11.8 Å². The van der Waals surface area contributed by atoms with Crippen LogP contribution >= 0.6 is 0 Å². The van der Waals surface area contributed by atoms with E-state index in [1.54, 1.807) is 6.08 Å². The molecule has 0 bridgehead atoms. The Hall–Kier alpha value is -2.61. The highest BCUT2D eigenvalue weighted by Crippen LogP contribution is 2.39. The van der Waals surface area contributed by atoms with E-state index < -0.39 is 36.3 Å². The number of alkyl halides is 3. The lowest BCUT2D eigenvalue weighted by atomic mass is 9.89. The Morgan fingerprint density at radius 3 is 2.87 bits per heavy atom. The van der Waals surface area contributed by atoms with Gasteiger partial charge in [-0.2, -0.15) is 13.2 Å². The molecule has 0 saturated heterocycles. The van der Waals surface area contributed by atoms with Crippen LogP contribution in [0.2, 0.25) is 0 Å². The van der Waals surface area contributed by atoms with E-state index in [0.717, 1.165) is 25.0 Å². The van der Waals surface area contributed by atoms with Crippen LogP contribution < -0.4 is 4.74 Å². The van der Waals surface area contributed by atoms with Gasteiger partial charge in [0.2, 0.25) is 0 Å². The van der Waals surface area contributed by atoms with E-state index in [9.17, 15) is 27.9 Å². The van der Waals surface area contributed by atoms with Gasteiger partial charge in [-0.05, 0) is 43.5 Å². The Morgan fingerprint density at radius 2 is 2.10 bits per heavy atom. The van der Waals surface area contributed by atoms with Crippen molar-refractivity contribution < 1.29 is 37.3 Å². The van der Waals surface area contributed by atoms with Crippen LogP contribution in [0.3, 0.4) is 0 Å². The number of aliphatic hydroxyl groups is 1. The predicted molar refractivity (Wildman–Crippen MR) is 106 cm³/mol. The zero-order valence-electron chi connectivity index (χ0n) is 16.9. The molecule has 1 aromatic rings. The summed E-state index contributed by atoms with van der Waals surface area (Å²) >= 11 is 0. The molecule has 0 spiro atoms. The number of rotatable bonds is 5. The molecule has 1 aliphatic carbocycles. The van der Waals surface area contributed by atoms with Crippen LogP contribution in [0.25, 0.3) is 0 Å². The van der Waals surface area contributed by atoms with E-state index in [1.165, 1.54) is 18.2 Å². The van der Waals surface area contributed by atoms with E-state index in [0.29, 0.717) is 19.3 Å². The number of carbonyl (C=O) groups excluding carboxylic acids is 2. The average molecular weight is 438 g/mol. The lowest BCUT2D eigenvalue weighted by Crippen LogP contribution is -2.25. The van der Waals surface area contributed by atoms with Gasteiger partial charge in [-0.1, -0.05) is 24.3 Å². The van der Waals surface area contributed by atoms with Crippen molar-refractivity contribution in [2.45, 2.75) is 50.5 Å². The standard InChI is InChI=1S/C23H25F3O5/c24-23(25,26)15-6-5-7-17(12-15)30-14-16(27)10-11-18-19-8-3-1-2-4-9-22(29)31-21(19)13-20(18)28/h1,3,5-7,10-12,18-21,28H,2,4,8-9,13-14H2/b3-1-,11-10+/t18-,19-,20-,21+/m1/s1. The maximum atomic E-state index is 12.8. The van der Waals surface area contributed by atoms with Crippen LogP contribution in [-0.4, -0.2) is 35.7 Å². The number of hydrogen-bond acceptors (Lipinski definition) is 5. The summed E-state index contributed by atoms with van der Waals surface area (Å²) in [5.74, 6) is -1.31. The van der Waals surface area contributed by atoms with Crippen molar-refractivity contribution in [1.82, 2.24) is 0 Å². The van der Waals surface area contributed by atoms with Gasteiger partial charge in [0.15, 0.2) is 12.4 Å². The summed E-state index contributed by atoms with van der Waals surface area (Å²) in [7, 11) is 0. The molecule has 8 heteroatoms. The fourth-order valence-corrected chi connectivity index (χ4v) is 3.96. The quantitative estimate of drug-likeness (QED) is 0.423. The molecule has 5 nitrogen and oxygen atoms in total. The molecule has 1 aliphatic heterocycles. The van der Waals surface area contributed by atoms with Crippen molar-refractivity contribution in [3.8, 4) is 5.75 Å². The smallest absolute Gasteiger partial charge is 0.416 e. The average Bonchev–Trinajstić information content (AvgIpc) is 3.01. The SMILES string of the molecule is O=C(/C=C/[C@@H]1[C@H]2C/C=C\CCCC(=O)O[C@H]2C[C@H]1O)COc1cccc(C(F)(F)F)c1. The molecule has 0 amide bonds. The zero-order valence-corrected chi connectivity index (χ0v) is 16.9. The molecule has 1 fully saturated rings. The van der Waals surface area contributed by atoms with Crippen LogP contribution in [-0.2, 0) is 20.5 Å². The first-order valence-electron chi connectivity index (χ1n) is 10.3. The van der Waals surface area contributed by atoms with Crippen molar-refractivity contribution in [2.24, 2.45) is 11.8 Å². The number of fused-ring (bicyclic) bond motifs is 1. The summed E-state index contributed by atoms with van der Waals surface area (Å²) < 4.78 is 49.0. The van der Waals surface area contributed by atoms with Gasteiger partial charge < -0.3 is 14.6 Å². The summed E-state index contributed by atoms with van der Waals surface area (Å²) in [5.41, 5.74) is -0.855. The topological polar surface area (TPSA) is 72.8 Å². The lowest BCUT2D eigenvalue weighted by Gasteiger charge is -2.23. The number of ketones is 1. The Bertz CT molecular complexity index is 846. The second-order valence-corrected chi connectivity index (χ2v) is 7.81. The second kappa shape index (κ2) is 10.1. The number of esters is 1. The van der Waals surface area contributed by atoms with Crippen molar-refractivity contribution in [3.63, 3.8) is 0 Å². The molecular weight excluding hydrogens is 413 g/mol. The Kier molecular flexibility index (Phi) is 7.54. The third-order valence-electron chi connectivity index (χ3n) is 5.55. The highest BCUT2D eigenvalue weighted by molar-refractivity contribution is 5.91. The van der Waals surface area contributed by atoms with Crippen LogP contribution in [0.1, 0.15) is 37.7 Å². The highest BCUT2D eigenvalue weighted by Gasteiger charge is 2.42. The minimum absolute atomic E-state index is 0.0538. The Balaban J connectivity index is 1.61. The molecule has 0 aromatic heterocycles. The molecular formula is C23H25F3O5. The van der Waals surface area contributed by atoms with Gasteiger partial charge in [-0.3, -0.25) is 9.59 Å². The summed E-state index contributed by atoms with van der Waals surface area (Å²) in [4.78, 5) is 24.1. The van der Waals surface area contributed by atoms with E-state index in [2.05, 4.69) is 0 Å². The Morgan fingerprint density at radius 1 is 1.29 bits per heavy atom. The first kappa shape index (κ1) is 23.1. The van der Waals surface area contributed by atoms with E-state index in [1.807, 2.05) is 12.2 Å². The van der Waals surface area contributed by atoms with Gasteiger partial charge in [0.25, 0.3) is 0 Å². The van der Waals surface area contributed by atoms with Crippen LogP contribution in [0.15, 0.2) is 48.6 Å². The second-order valence-electron chi connectivity index (χ2n) is 7.81. The third kappa shape index (κ3) is 6.43. The lowest BCUT2D eigenvalue weighted by molar-refractivity contribution is -0.151. The normalized spacial score (nSPS) is 28.1. The van der Waals surface area contributed by atoms with Gasteiger partial charge in [-0.15, -0.1) is 0 Å². The van der Waals surface area contributed by atoms with Crippen molar-refractivity contribution >= 4 is 11.8 Å². The summed E-state index contributed by atoms with van der Waals surface area (Å²) in [6.07, 6.45) is 3.94. The fraction of sp³-hybridized carbons (Fsp3) is 0.478. The van der Waals surface area contributed by atoms with Crippen molar-refractivity contribution in [3.05, 3.63) is 54.1 Å². The molecule has 4 atom stereocenters. The molecule has 31 heavy (non-hydrogen) atoms. The minimum Gasteiger partial charge on any atom is -0.485 e. The van der Waals surface area contributed by atoms with Crippen LogP contribution in [0.4, 0.5) is 13.2 Å². The summed E-state index contributed by atoms with van der Waals surface area (Å²) in [5, 5.41) is 10.4. The number of allylic oxidation sites excluding steroid dienone is 2. The molecule has 168 valence electrons. The van der Waals surface area contributed by atoms with Gasteiger partial charge in [0.1, 0.15) is 11.9 Å². The number of halogens is 3. The first-order chi connectivity index (χ1) is 14.7. The first-order valence-corrected chi connectivity index (χ1v) is 10.3. The maximum Gasteiger partial charge on any atom is 0.416 e. The number of carbonyl (C=O) groups is 2. The van der Waals surface area contributed by atoms with Gasteiger partial charge >= 0.3 is 12.1 Å². The number of ether oxygens (including phenoxy) is 2. The molecule has 0 radical (unpaired) electrons. The van der Waals surface area contributed by atoms with E-state index >= 15 is 0 Å². The van der Waals surface area contributed by atoms with Gasteiger partial charge in [0, 0.05) is 24.7 Å². The number of aliphatic hydroxyl groups excluding tert-OH is 1. The highest BCUT2D eigenvalue weighted by atomic mass is 19.4. The molecule has 1 saturated carbocycles. The van der Waals surface area contributed by atoms with E-state index in [4.69, 9.17) is 9.47 Å². The molecule has 3 rings (SSSR count). The minimum atomic E-state index is -4.49. The largest absolute Gasteiger partial charge is 0.485 e. The van der Waals surface area contributed by atoms with Gasteiger partial charge in [0.05, 0.1) is 11.7 Å². The maximum absolute atomic E-state index is 12.8. The fourth-order valence-electron chi connectivity index (χ4n) is 3.96. The number of hydrogen-bond donors (Lipinski definition) is 1. The monoisotopic (exact) mass is 438 g/mol. The number of benzene rings is 1. The summed E-state index contributed by atoms with van der Waals surface area (Å²) in [6, 6.07) is 4.32. The predicted octanol–water partition coefficient (Wildman–Crippen LogP) is 4.25. The van der Waals surface area contributed by atoms with Gasteiger partial charge in [-0.25, -0.2) is 0 Å². The zero-order chi connectivity index (χ0) is 22.4. The molecule has 1 N–H and O–H groups in total. The summed E-state index contributed by atoms with van der Waals surface area (Å²) in [6.45, 7) is -0.427. The third-order valence-corrected chi connectivity index (χ3v) is 5.55. The van der Waals surface area contributed by atoms with Crippen molar-refractivity contribution in [1.29, 1.82) is 0 Å². The molecule has 0 unspecified atom stereocenters. The molecule has 2 aliphatic rings. The van der Waals surface area contributed by atoms with Crippen LogP contribution in [0.5, 0.6) is 5.75 Å². The molecule has 1 aromatic carbocycles. The van der Waals surface area contributed by atoms with E-state index in [-0.39, 0.29) is 23.6 Å². The Labute approximate surface area is 178 Å². The molecule has 1 heterocycles. The van der Waals surface area contributed by atoms with Crippen molar-refractivity contribution in [2.75, 3.05) is 6.61 Å².